The Kier molecular flexibility index (Phi) is 3.97. The Morgan fingerprint density at radius 2 is 1.33 bits per heavy atom. The Labute approximate surface area is 106 Å². The van der Waals surface area contributed by atoms with Gasteiger partial charge in [-0.3, -0.25) is 4.79 Å². The van der Waals surface area contributed by atoms with Crippen molar-refractivity contribution in [2.75, 3.05) is 11.4 Å². The first-order valence-corrected chi connectivity index (χ1v) is 5.87. The van der Waals surface area contributed by atoms with Crippen LogP contribution in [0.4, 0.5) is 11.4 Å². The van der Waals surface area contributed by atoms with Crippen LogP contribution < -0.4 is 4.90 Å². The number of rotatable bonds is 5. The molecule has 0 unspecified atom stereocenters. The number of carboxylic acid groups (broad SMARTS) is 1. The molecule has 0 bridgehead atoms. The summed E-state index contributed by atoms with van der Waals surface area (Å²) >= 11 is 0. The standard InChI is InChI=1S/C15H15NO2/c17-15(18)11-12-16(13-7-3-1-4-8-13)14-9-5-2-6-10-14/h1-10H,11-12H2,(H,17,18). The molecule has 3 heteroatoms. The number of benzene rings is 2. The van der Waals surface area contributed by atoms with E-state index >= 15 is 0 Å². The zero-order valence-corrected chi connectivity index (χ0v) is 9.99. The Morgan fingerprint density at radius 3 is 1.72 bits per heavy atom. The van der Waals surface area contributed by atoms with Crippen molar-refractivity contribution in [2.24, 2.45) is 0 Å². The minimum atomic E-state index is -0.785. The first-order chi connectivity index (χ1) is 8.77. The fourth-order valence-corrected chi connectivity index (χ4v) is 1.83. The lowest BCUT2D eigenvalue weighted by Gasteiger charge is -2.24. The first kappa shape index (κ1) is 12.2. The van der Waals surface area contributed by atoms with Crippen molar-refractivity contribution in [3.8, 4) is 0 Å². The molecular weight excluding hydrogens is 226 g/mol. The molecule has 0 aliphatic heterocycles. The average molecular weight is 241 g/mol. The molecule has 0 aromatic heterocycles. The molecule has 0 atom stereocenters. The van der Waals surface area contributed by atoms with Crippen LogP contribution in [0.2, 0.25) is 0 Å². The van der Waals surface area contributed by atoms with Crippen LogP contribution in [0.1, 0.15) is 6.42 Å². The molecule has 0 radical (unpaired) electrons. The summed E-state index contributed by atoms with van der Waals surface area (Å²) in [6.07, 6.45) is 0.115. The second kappa shape index (κ2) is 5.87. The third kappa shape index (κ3) is 3.10. The molecule has 92 valence electrons. The van der Waals surface area contributed by atoms with E-state index in [0.717, 1.165) is 11.4 Å². The molecule has 0 fully saturated rings. The van der Waals surface area contributed by atoms with Crippen molar-refractivity contribution in [3.63, 3.8) is 0 Å². The number of nitrogens with zero attached hydrogens (tertiary/aromatic N) is 1. The summed E-state index contributed by atoms with van der Waals surface area (Å²) in [4.78, 5) is 12.7. The van der Waals surface area contributed by atoms with Gasteiger partial charge in [0.1, 0.15) is 0 Å². The van der Waals surface area contributed by atoms with E-state index in [2.05, 4.69) is 0 Å². The molecule has 18 heavy (non-hydrogen) atoms. The van der Waals surface area contributed by atoms with Crippen molar-refractivity contribution in [2.45, 2.75) is 6.42 Å². The summed E-state index contributed by atoms with van der Waals surface area (Å²) in [6, 6.07) is 19.6. The van der Waals surface area contributed by atoms with Gasteiger partial charge in [-0.05, 0) is 24.3 Å². The average Bonchev–Trinajstić information content (AvgIpc) is 2.41. The van der Waals surface area contributed by atoms with Gasteiger partial charge in [0.25, 0.3) is 0 Å². The first-order valence-electron chi connectivity index (χ1n) is 5.87. The monoisotopic (exact) mass is 241 g/mol. The summed E-state index contributed by atoms with van der Waals surface area (Å²) < 4.78 is 0. The molecule has 0 saturated carbocycles. The lowest BCUT2D eigenvalue weighted by Crippen LogP contribution is -2.20. The molecule has 0 aliphatic rings. The van der Waals surface area contributed by atoms with E-state index in [-0.39, 0.29) is 6.42 Å². The van der Waals surface area contributed by atoms with Crippen molar-refractivity contribution in [1.29, 1.82) is 0 Å². The summed E-state index contributed by atoms with van der Waals surface area (Å²) in [6.45, 7) is 0.462. The molecule has 2 aromatic carbocycles. The van der Waals surface area contributed by atoms with Gasteiger partial charge >= 0.3 is 5.97 Å². The van der Waals surface area contributed by atoms with Crippen molar-refractivity contribution in [1.82, 2.24) is 0 Å². The third-order valence-corrected chi connectivity index (χ3v) is 2.69. The zero-order chi connectivity index (χ0) is 12.8. The number of hydrogen-bond acceptors (Lipinski definition) is 2. The number of aliphatic carboxylic acids is 1. The fourth-order valence-electron chi connectivity index (χ4n) is 1.83. The Bertz CT molecular complexity index is 457. The van der Waals surface area contributed by atoms with E-state index in [0.29, 0.717) is 6.54 Å². The van der Waals surface area contributed by atoms with Crippen molar-refractivity contribution in [3.05, 3.63) is 60.7 Å². The van der Waals surface area contributed by atoms with Gasteiger partial charge in [0.2, 0.25) is 0 Å². The van der Waals surface area contributed by atoms with E-state index in [1.54, 1.807) is 0 Å². The summed E-state index contributed by atoms with van der Waals surface area (Å²) in [5.74, 6) is -0.785. The minimum Gasteiger partial charge on any atom is -0.481 e. The Balaban J connectivity index is 2.26. The molecule has 0 spiro atoms. The Hall–Kier alpha value is -2.29. The maximum absolute atomic E-state index is 10.7. The van der Waals surface area contributed by atoms with Crippen LogP contribution in [0.15, 0.2) is 60.7 Å². The SMILES string of the molecule is O=C(O)CCN(c1ccccc1)c1ccccc1. The van der Waals surface area contributed by atoms with Gasteiger partial charge in [0, 0.05) is 17.9 Å². The second-order valence-electron chi connectivity index (χ2n) is 3.97. The van der Waals surface area contributed by atoms with Crippen LogP contribution in [-0.2, 0) is 4.79 Å². The summed E-state index contributed by atoms with van der Waals surface area (Å²) in [5.41, 5.74) is 2.01. The highest BCUT2D eigenvalue weighted by Crippen LogP contribution is 2.24. The van der Waals surface area contributed by atoms with Crippen LogP contribution in [0.25, 0.3) is 0 Å². The predicted octanol–water partition coefficient (Wildman–Crippen LogP) is 3.30. The van der Waals surface area contributed by atoms with Crippen molar-refractivity contribution >= 4 is 17.3 Å². The van der Waals surface area contributed by atoms with Gasteiger partial charge in [0.05, 0.1) is 6.42 Å². The van der Waals surface area contributed by atoms with E-state index in [1.807, 2.05) is 65.6 Å². The van der Waals surface area contributed by atoms with Crippen LogP contribution in [0, 0.1) is 0 Å². The van der Waals surface area contributed by atoms with Gasteiger partial charge in [-0.25, -0.2) is 0 Å². The quantitative estimate of drug-likeness (QED) is 0.873. The molecule has 2 rings (SSSR count). The Morgan fingerprint density at radius 1 is 0.889 bits per heavy atom. The lowest BCUT2D eigenvalue weighted by molar-refractivity contribution is -0.136. The van der Waals surface area contributed by atoms with Crippen LogP contribution in [0.3, 0.4) is 0 Å². The second-order valence-corrected chi connectivity index (χ2v) is 3.97. The van der Waals surface area contributed by atoms with E-state index in [1.165, 1.54) is 0 Å². The number of hydrogen-bond donors (Lipinski definition) is 1. The number of carboxylic acids is 1. The van der Waals surface area contributed by atoms with Gasteiger partial charge in [-0.15, -0.1) is 0 Å². The topological polar surface area (TPSA) is 40.5 Å². The van der Waals surface area contributed by atoms with Gasteiger partial charge in [-0.1, -0.05) is 36.4 Å². The third-order valence-electron chi connectivity index (χ3n) is 2.69. The number of anilines is 2. The highest BCUT2D eigenvalue weighted by atomic mass is 16.4. The highest BCUT2D eigenvalue weighted by molar-refractivity contribution is 5.70. The highest BCUT2D eigenvalue weighted by Gasteiger charge is 2.10. The molecule has 2 aromatic rings. The summed E-state index contributed by atoms with van der Waals surface area (Å²) in [7, 11) is 0. The molecule has 0 amide bonds. The van der Waals surface area contributed by atoms with Crippen LogP contribution in [-0.4, -0.2) is 17.6 Å². The molecule has 0 saturated heterocycles. The normalized spacial score (nSPS) is 10.0. The molecule has 0 heterocycles. The largest absolute Gasteiger partial charge is 0.481 e. The molecule has 3 nitrogen and oxygen atoms in total. The van der Waals surface area contributed by atoms with Gasteiger partial charge in [0.15, 0.2) is 0 Å². The molecular formula is C15H15NO2. The van der Waals surface area contributed by atoms with Gasteiger partial charge < -0.3 is 10.0 Å². The van der Waals surface area contributed by atoms with Crippen molar-refractivity contribution < 1.29 is 9.90 Å². The molecule has 1 N–H and O–H groups in total. The summed E-state index contributed by atoms with van der Waals surface area (Å²) in [5, 5.41) is 8.83. The van der Waals surface area contributed by atoms with Gasteiger partial charge in [-0.2, -0.15) is 0 Å². The lowest BCUT2D eigenvalue weighted by atomic mass is 10.2. The van der Waals surface area contributed by atoms with E-state index < -0.39 is 5.97 Å². The zero-order valence-electron chi connectivity index (χ0n) is 9.99. The number of carbonyl (C=O) groups is 1. The van der Waals surface area contributed by atoms with E-state index in [9.17, 15) is 4.79 Å². The maximum atomic E-state index is 10.7. The number of para-hydroxylation sites is 2. The van der Waals surface area contributed by atoms with E-state index in [4.69, 9.17) is 5.11 Å². The maximum Gasteiger partial charge on any atom is 0.305 e. The van der Waals surface area contributed by atoms with Crippen LogP contribution >= 0.6 is 0 Å². The van der Waals surface area contributed by atoms with Crippen LogP contribution in [0.5, 0.6) is 0 Å². The minimum absolute atomic E-state index is 0.115. The smallest absolute Gasteiger partial charge is 0.305 e. The predicted molar refractivity (Wildman–Crippen MR) is 72.1 cm³/mol. The fraction of sp³-hybridized carbons (Fsp3) is 0.133. The molecule has 0 aliphatic carbocycles.